The number of nitrogens with two attached hydrogens (primary N) is 1. The monoisotopic (exact) mass is 427 g/mol. The predicted molar refractivity (Wildman–Crippen MR) is 111 cm³/mol. The summed E-state index contributed by atoms with van der Waals surface area (Å²) in [7, 11) is 0. The van der Waals surface area contributed by atoms with Crippen molar-refractivity contribution in [2.24, 2.45) is 11.1 Å². The fourth-order valence-corrected chi connectivity index (χ4v) is 4.21. The number of nitrogens with zero attached hydrogens (tertiary/aromatic N) is 2. The van der Waals surface area contributed by atoms with Crippen LogP contribution in [0.25, 0.3) is 0 Å². The van der Waals surface area contributed by atoms with Crippen molar-refractivity contribution >= 4 is 24.2 Å². The average Bonchev–Trinajstić information content (AvgIpc) is 2.92. The highest BCUT2D eigenvalue weighted by atomic mass is 35.5. The average molecular weight is 428 g/mol. The number of carbonyl (C=O) groups excluding carboxylic acids is 2. The van der Waals surface area contributed by atoms with Gasteiger partial charge in [0.2, 0.25) is 5.91 Å². The van der Waals surface area contributed by atoms with E-state index < -0.39 is 16.8 Å². The molecule has 1 aliphatic heterocycles. The molecule has 1 saturated carbocycles. The molecule has 1 heterocycles. The van der Waals surface area contributed by atoms with Gasteiger partial charge in [0, 0.05) is 50.2 Å². The maximum atomic E-state index is 13.4. The molecule has 29 heavy (non-hydrogen) atoms. The Morgan fingerprint density at radius 3 is 2.48 bits per heavy atom. The quantitative estimate of drug-likeness (QED) is 0.800. The summed E-state index contributed by atoms with van der Waals surface area (Å²) in [6.07, 6.45) is 1.15. The Hall–Kier alpha value is -1.70. The van der Waals surface area contributed by atoms with Gasteiger partial charge in [-0.15, -0.1) is 12.4 Å². The van der Waals surface area contributed by atoms with Crippen LogP contribution in [0.15, 0.2) is 24.3 Å². The first-order chi connectivity index (χ1) is 13.2. The molecule has 1 saturated heterocycles. The number of carbonyl (C=O) groups is 2. The maximum Gasteiger partial charge on any atom is 0.254 e. The van der Waals surface area contributed by atoms with E-state index in [-0.39, 0.29) is 30.3 Å². The fraction of sp³-hybridized carbons (Fsp3) is 0.619. The fourth-order valence-electron chi connectivity index (χ4n) is 4.21. The van der Waals surface area contributed by atoms with E-state index in [2.05, 4.69) is 0 Å². The van der Waals surface area contributed by atoms with Crippen molar-refractivity contribution in [2.45, 2.75) is 45.3 Å². The van der Waals surface area contributed by atoms with Gasteiger partial charge in [-0.25, -0.2) is 4.39 Å². The molecule has 0 bridgehead atoms. The second-order valence-corrected chi connectivity index (χ2v) is 8.29. The van der Waals surface area contributed by atoms with Gasteiger partial charge < -0.3 is 20.3 Å². The Morgan fingerprint density at radius 2 is 1.86 bits per heavy atom. The molecule has 0 aromatic heterocycles. The molecule has 1 aromatic carbocycles. The zero-order valence-corrected chi connectivity index (χ0v) is 18.1. The molecule has 2 N–H and O–H groups in total. The first-order valence-corrected chi connectivity index (χ1v) is 9.95. The molecule has 0 radical (unpaired) electrons. The number of benzene rings is 1. The predicted octanol–water partition coefficient (Wildman–Crippen LogP) is 2.45. The van der Waals surface area contributed by atoms with E-state index in [4.69, 9.17) is 10.5 Å². The minimum atomic E-state index is -0.950. The maximum absolute atomic E-state index is 13.4. The molecule has 2 unspecified atom stereocenters. The van der Waals surface area contributed by atoms with Gasteiger partial charge >= 0.3 is 0 Å². The Bertz CT molecular complexity index is 760. The van der Waals surface area contributed by atoms with Crippen LogP contribution in [-0.2, 0) is 9.53 Å². The topological polar surface area (TPSA) is 75.9 Å². The van der Waals surface area contributed by atoms with E-state index in [0.29, 0.717) is 51.2 Å². The Balaban J connectivity index is 0.00000300. The van der Waals surface area contributed by atoms with Crippen LogP contribution in [0.3, 0.4) is 0 Å². The number of amides is 2. The highest BCUT2D eigenvalue weighted by Crippen LogP contribution is 2.50. The van der Waals surface area contributed by atoms with Crippen molar-refractivity contribution in [3.05, 3.63) is 35.6 Å². The molecule has 3 rings (SSSR count). The lowest BCUT2D eigenvalue weighted by molar-refractivity contribution is -0.179. The van der Waals surface area contributed by atoms with Crippen molar-refractivity contribution in [2.75, 3.05) is 32.8 Å². The molecule has 2 fully saturated rings. The SMILES string of the molecule is CCOC1CC(N)(C(=O)N2CCCN(C(=O)c3cccc(F)c3)CC2)C1(C)C.Cl. The van der Waals surface area contributed by atoms with Crippen molar-refractivity contribution in [1.82, 2.24) is 9.80 Å². The van der Waals surface area contributed by atoms with E-state index in [1.807, 2.05) is 20.8 Å². The standard InChI is InChI=1S/C21H30FN3O3.ClH/c1-4-28-17-14-21(23,20(17,2)3)19(27)25-10-6-9-24(11-12-25)18(26)15-7-5-8-16(22)13-15;/h5,7-8,13,17H,4,6,9-12,14,23H2,1-3H3;1H. The van der Waals surface area contributed by atoms with Crippen LogP contribution in [-0.4, -0.2) is 66.0 Å². The number of hydrogen-bond acceptors (Lipinski definition) is 4. The molecule has 1 aromatic rings. The van der Waals surface area contributed by atoms with E-state index in [9.17, 15) is 14.0 Å². The van der Waals surface area contributed by atoms with Crippen LogP contribution in [0.4, 0.5) is 4.39 Å². The highest BCUT2D eigenvalue weighted by Gasteiger charge is 2.63. The van der Waals surface area contributed by atoms with Gasteiger partial charge in [-0.05, 0) is 31.5 Å². The zero-order valence-electron chi connectivity index (χ0n) is 17.3. The molecule has 2 aliphatic rings. The Kier molecular flexibility index (Phi) is 7.30. The van der Waals surface area contributed by atoms with Crippen molar-refractivity contribution < 1.29 is 18.7 Å². The lowest BCUT2D eigenvalue weighted by Crippen LogP contribution is -2.76. The minimum Gasteiger partial charge on any atom is -0.378 e. The van der Waals surface area contributed by atoms with E-state index in [1.165, 1.54) is 18.2 Å². The first kappa shape index (κ1) is 23.6. The lowest BCUT2D eigenvalue weighted by Gasteiger charge is -2.58. The smallest absolute Gasteiger partial charge is 0.254 e. The van der Waals surface area contributed by atoms with E-state index in [1.54, 1.807) is 15.9 Å². The van der Waals surface area contributed by atoms with Gasteiger partial charge in [0.05, 0.1) is 6.10 Å². The summed E-state index contributed by atoms with van der Waals surface area (Å²) in [6, 6.07) is 5.70. The van der Waals surface area contributed by atoms with E-state index in [0.717, 1.165) is 0 Å². The third-order valence-corrected chi connectivity index (χ3v) is 6.35. The van der Waals surface area contributed by atoms with Crippen LogP contribution in [0.1, 0.15) is 44.0 Å². The largest absolute Gasteiger partial charge is 0.378 e. The summed E-state index contributed by atoms with van der Waals surface area (Å²) in [5.74, 6) is -0.719. The van der Waals surface area contributed by atoms with Gasteiger partial charge in [0.15, 0.2) is 0 Å². The van der Waals surface area contributed by atoms with Crippen LogP contribution >= 0.6 is 12.4 Å². The van der Waals surface area contributed by atoms with E-state index >= 15 is 0 Å². The van der Waals surface area contributed by atoms with Gasteiger partial charge in [0.1, 0.15) is 11.4 Å². The molecular formula is C21H31ClFN3O3. The number of ether oxygens (including phenoxy) is 1. The summed E-state index contributed by atoms with van der Waals surface area (Å²) in [5.41, 5.74) is 5.47. The summed E-state index contributed by atoms with van der Waals surface area (Å²) in [6.45, 7) is 8.41. The van der Waals surface area contributed by atoms with Gasteiger partial charge in [-0.1, -0.05) is 19.9 Å². The molecular weight excluding hydrogens is 397 g/mol. The van der Waals surface area contributed by atoms with Crippen LogP contribution in [0, 0.1) is 11.2 Å². The molecule has 162 valence electrons. The molecule has 0 spiro atoms. The minimum absolute atomic E-state index is 0. The summed E-state index contributed by atoms with van der Waals surface area (Å²) in [4.78, 5) is 29.3. The van der Waals surface area contributed by atoms with Crippen LogP contribution in [0.5, 0.6) is 0 Å². The first-order valence-electron chi connectivity index (χ1n) is 9.95. The van der Waals surface area contributed by atoms with Crippen molar-refractivity contribution in [3.63, 3.8) is 0 Å². The lowest BCUT2D eigenvalue weighted by atomic mass is 9.54. The third-order valence-electron chi connectivity index (χ3n) is 6.35. The second-order valence-electron chi connectivity index (χ2n) is 8.29. The zero-order chi connectivity index (χ0) is 20.5. The van der Waals surface area contributed by atoms with Crippen LogP contribution < -0.4 is 5.73 Å². The number of rotatable bonds is 4. The van der Waals surface area contributed by atoms with Gasteiger partial charge in [0.25, 0.3) is 5.91 Å². The molecule has 2 amide bonds. The number of halogens is 2. The van der Waals surface area contributed by atoms with Crippen molar-refractivity contribution in [3.8, 4) is 0 Å². The number of hydrogen-bond donors (Lipinski definition) is 1. The molecule has 8 heteroatoms. The summed E-state index contributed by atoms with van der Waals surface area (Å²) in [5, 5.41) is 0. The second kappa shape index (κ2) is 8.98. The normalized spacial score (nSPS) is 26.2. The Labute approximate surface area is 178 Å². The highest BCUT2D eigenvalue weighted by molar-refractivity contribution is 5.94. The van der Waals surface area contributed by atoms with Crippen LogP contribution in [0.2, 0.25) is 0 Å². The van der Waals surface area contributed by atoms with Gasteiger partial charge in [-0.3, -0.25) is 9.59 Å². The molecule has 1 aliphatic carbocycles. The molecule has 6 nitrogen and oxygen atoms in total. The third kappa shape index (κ3) is 4.27. The van der Waals surface area contributed by atoms with Crippen molar-refractivity contribution in [1.29, 1.82) is 0 Å². The summed E-state index contributed by atoms with van der Waals surface area (Å²) < 4.78 is 19.2. The summed E-state index contributed by atoms with van der Waals surface area (Å²) >= 11 is 0. The van der Waals surface area contributed by atoms with Gasteiger partial charge in [-0.2, -0.15) is 0 Å². The molecule has 2 atom stereocenters. The Morgan fingerprint density at radius 1 is 1.21 bits per heavy atom.